The molecule has 3 amide bonds. The van der Waals surface area contributed by atoms with Gasteiger partial charge >= 0.3 is 6.03 Å². The highest BCUT2D eigenvalue weighted by molar-refractivity contribution is 5.78. The normalized spacial score (nSPS) is 23.6. The van der Waals surface area contributed by atoms with Crippen LogP contribution in [-0.4, -0.2) is 47.4 Å². The van der Waals surface area contributed by atoms with E-state index < -0.39 is 0 Å². The Balaban J connectivity index is 1.70. The standard InChI is InChI=1S/C20H29N3O2/c1-15(2)11-21-20(25)22-13-17-9-6-10-19(24)23(18(17)14-22)12-16-7-4-3-5-8-16/h3-5,7-8,15,17-18H,6,9-14H2,1-2H3,(H,21,25)/t17-,18+/m1/s1. The average molecular weight is 343 g/mol. The highest BCUT2D eigenvalue weighted by atomic mass is 16.2. The molecular formula is C20H29N3O2. The molecule has 2 aliphatic rings. The second-order valence-electron chi connectivity index (χ2n) is 7.71. The van der Waals surface area contributed by atoms with Crippen molar-refractivity contribution in [2.24, 2.45) is 11.8 Å². The molecule has 0 bridgehead atoms. The molecule has 0 saturated carbocycles. The summed E-state index contributed by atoms with van der Waals surface area (Å²) in [7, 11) is 0. The van der Waals surface area contributed by atoms with E-state index in [1.54, 1.807) is 0 Å². The number of hydrogen-bond acceptors (Lipinski definition) is 2. The fourth-order valence-electron chi connectivity index (χ4n) is 3.89. The number of amides is 3. The van der Waals surface area contributed by atoms with Crippen LogP contribution >= 0.6 is 0 Å². The molecule has 3 rings (SSSR count). The first kappa shape index (κ1) is 17.8. The van der Waals surface area contributed by atoms with Crippen molar-refractivity contribution in [1.82, 2.24) is 15.1 Å². The van der Waals surface area contributed by atoms with E-state index >= 15 is 0 Å². The lowest BCUT2D eigenvalue weighted by atomic mass is 9.98. The summed E-state index contributed by atoms with van der Waals surface area (Å²) in [5, 5.41) is 3.01. The van der Waals surface area contributed by atoms with E-state index in [2.05, 4.69) is 31.3 Å². The van der Waals surface area contributed by atoms with Crippen LogP contribution in [0.4, 0.5) is 4.79 Å². The van der Waals surface area contributed by atoms with Crippen LogP contribution in [0.2, 0.25) is 0 Å². The predicted molar refractivity (Wildman–Crippen MR) is 97.9 cm³/mol. The van der Waals surface area contributed by atoms with Crippen molar-refractivity contribution in [1.29, 1.82) is 0 Å². The van der Waals surface area contributed by atoms with E-state index in [1.807, 2.05) is 28.0 Å². The maximum Gasteiger partial charge on any atom is 0.317 e. The minimum Gasteiger partial charge on any atom is -0.338 e. The zero-order valence-corrected chi connectivity index (χ0v) is 15.3. The fraction of sp³-hybridized carbons (Fsp3) is 0.600. The Bertz CT molecular complexity index is 602. The Kier molecular flexibility index (Phi) is 5.61. The molecule has 5 nitrogen and oxygen atoms in total. The van der Waals surface area contributed by atoms with Gasteiger partial charge in [0, 0.05) is 32.6 Å². The van der Waals surface area contributed by atoms with E-state index in [0.717, 1.165) is 24.9 Å². The van der Waals surface area contributed by atoms with Crippen LogP contribution in [0.5, 0.6) is 0 Å². The molecule has 25 heavy (non-hydrogen) atoms. The predicted octanol–water partition coefficient (Wildman–Crippen LogP) is 2.87. The van der Waals surface area contributed by atoms with Gasteiger partial charge in [-0.1, -0.05) is 44.2 Å². The molecule has 2 fully saturated rings. The molecule has 1 N–H and O–H groups in total. The van der Waals surface area contributed by atoms with E-state index in [4.69, 9.17) is 0 Å². The van der Waals surface area contributed by atoms with Crippen LogP contribution in [0.15, 0.2) is 30.3 Å². The number of likely N-dealkylation sites (tertiary alicyclic amines) is 2. The van der Waals surface area contributed by atoms with Crippen molar-refractivity contribution in [2.45, 2.75) is 45.7 Å². The Morgan fingerprint density at radius 2 is 2.00 bits per heavy atom. The maximum absolute atomic E-state index is 12.7. The van der Waals surface area contributed by atoms with Gasteiger partial charge in [-0.25, -0.2) is 4.79 Å². The van der Waals surface area contributed by atoms with E-state index in [1.165, 1.54) is 0 Å². The molecule has 0 radical (unpaired) electrons. The van der Waals surface area contributed by atoms with Gasteiger partial charge in [0.05, 0.1) is 6.04 Å². The molecule has 136 valence electrons. The first-order chi connectivity index (χ1) is 12.0. The Labute approximate surface area is 150 Å². The van der Waals surface area contributed by atoms with Crippen LogP contribution in [-0.2, 0) is 11.3 Å². The number of carbonyl (C=O) groups excluding carboxylic acids is 2. The van der Waals surface area contributed by atoms with Gasteiger partial charge in [0.1, 0.15) is 0 Å². The molecule has 2 saturated heterocycles. The molecule has 1 aromatic rings. The quantitative estimate of drug-likeness (QED) is 0.914. The molecule has 0 aliphatic carbocycles. The van der Waals surface area contributed by atoms with Gasteiger partial charge in [-0.15, -0.1) is 0 Å². The lowest BCUT2D eigenvalue weighted by Crippen LogP contribution is -2.45. The van der Waals surface area contributed by atoms with Gasteiger partial charge in [-0.2, -0.15) is 0 Å². The number of fused-ring (bicyclic) bond motifs is 1. The van der Waals surface area contributed by atoms with Gasteiger partial charge in [0.2, 0.25) is 5.91 Å². The van der Waals surface area contributed by atoms with Crippen LogP contribution in [0, 0.1) is 11.8 Å². The first-order valence-electron chi connectivity index (χ1n) is 9.40. The smallest absolute Gasteiger partial charge is 0.317 e. The van der Waals surface area contributed by atoms with Gasteiger partial charge in [0.15, 0.2) is 0 Å². The molecule has 0 unspecified atom stereocenters. The zero-order valence-electron chi connectivity index (χ0n) is 15.3. The lowest BCUT2D eigenvalue weighted by molar-refractivity contribution is -0.133. The number of urea groups is 1. The van der Waals surface area contributed by atoms with Gasteiger partial charge in [-0.3, -0.25) is 4.79 Å². The van der Waals surface area contributed by atoms with Crippen molar-refractivity contribution in [2.75, 3.05) is 19.6 Å². The molecule has 5 heteroatoms. The Morgan fingerprint density at radius 3 is 2.72 bits per heavy atom. The highest BCUT2D eigenvalue weighted by Crippen LogP contribution is 2.31. The van der Waals surface area contributed by atoms with Gasteiger partial charge < -0.3 is 15.1 Å². The summed E-state index contributed by atoms with van der Waals surface area (Å²) in [4.78, 5) is 29.0. The fourth-order valence-corrected chi connectivity index (χ4v) is 3.89. The minimum absolute atomic E-state index is 0.00823. The molecule has 2 atom stereocenters. The van der Waals surface area contributed by atoms with E-state index in [0.29, 0.717) is 37.9 Å². The summed E-state index contributed by atoms with van der Waals surface area (Å²) >= 11 is 0. The van der Waals surface area contributed by atoms with Gasteiger partial charge in [-0.05, 0) is 30.2 Å². The first-order valence-corrected chi connectivity index (χ1v) is 9.40. The van der Waals surface area contributed by atoms with Crippen molar-refractivity contribution in [3.63, 3.8) is 0 Å². The minimum atomic E-state index is 0.00823. The average Bonchev–Trinajstić information content (AvgIpc) is 2.96. The molecule has 0 spiro atoms. The third kappa shape index (κ3) is 4.33. The number of nitrogens with zero attached hydrogens (tertiary/aromatic N) is 2. The van der Waals surface area contributed by atoms with Crippen LogP contribution < -0.4 is 5.32 Å². The lowest BCUT2D eigenvalue weighted by Gasteiger charge is -2.30. The number of hydrogen-bond donors (Lipinski definition) is 1. The third-order valence-electron chi connectivity index (χ3n) is 5.24. The Hall–Kier alpha value is -2.04. The van der Waals surface area contributed by atoms with Crippen molar-refractivity contribution >= 4 is 11.9 Å². The van der Waals surface area contributed by atoms with E-state index in [9.17, 15) is 9.59 Å². The van der Waals surface area contributed by atoms with Crippen LogP contribution in [0.3, 0.4) is 0 Å². The summed E-state index contributed by atoms with van der Waals surface area (Å²) in [6, 6.07) is 10.3. The number of benzene rings is 1. The summed E-state index contributed by atoms with van der Waals surface area (Å²) in [6.45, 7) is 6.92. The maximum atomic E-state index is 12.7. The van der Waals surface area contributed by atoms with Gasteiger partial charge in [0.25, 0.3) is 0 Å². The molecule has 2 heterocycles. The van der Waals surface area contributed by atoms with E-state index in [-0.39, 0.29) is 18.0 Å². The SMILES string of the molecule is CC(C)CNC(=O)N1C[C@H]2CCCC(=O)N(Cc3ccccc3)[C@H]2C1. The summed E-state index contributed by atoms with van der Waals surface area (Å²) in [5.41, 5.74) is 1.15. The number of carbonyl (C=O) groups is 2. The van der Waals surface area contributed by atoms with Crippen molar-refractivity contribution < 1.29 is 9.59 Å². The Morgan fingerprint density at radius 1 is 1.24 bits per heavy atom. The third-order valence-corrected chi connectivity index (χ3v) is 5.24. The molecular weight excluding hydrogens is 314 g/mol. The summed E-state index contributed by atoms with van der Waals surface area (Å²) in [5.74, 6) is 1.05. The summed E-state index contributed by atoms with van der Waals surface area (Å²) < 4.78 is 0. The molecule has 0 aromatic heterocycles. The topological polar surface area (TPSA) is 52.7 Å². The van der Waals surface area contributed by atoms with Crippen molar-refractivity contribution in [3.05, 3.63) is 35.9 Å². The molecule has 1 aromatic carbocycles. The van der Waals surface area contributed by atoms with Crippen LogP contribution in [0.1, 0.15) is 38.7 Å². The monoisotopic (exact) mass is 343 g/mol. The summed E-state index contributed by atoms with van der Waals surface area (Å²) in [6.07, 6.45) is 2.57. The van der Waals surface area contributed by atoms with Crippen LogP contribution in [0.25, 0.3) is 0 Å². The van der Waals surface area contributed by atoms with Crippen molar-refractivity contribution in [3.8, 4) is 0 Å². The number of rotatable bonds is 4. The molecule has 2 aliphatic heterocycles. The largest absolute Gasteiger partial charge is 0.338 e. The highest BCUT2D eigenvalue weighted by Gasteiger charge is 2.41. The second kappa shape index (κ2) is 7.89. The second-order valence-corrected chi connectivity index (χ2v) is 7.71. The zero-order chi connectivity index (χ0) is 17.8. The number of nitrogens with one attached hydrogen (secondary N) is 1.